The number of hydrogen-bond acceptors (Lipinski definition) is 7. The Bertz CT molecular complexity index is 1290. The second kappa shape index (κ2) is 8.35. The van der Waals surface area contributed by atoms with Crippen molar-refractivity contribution in [2.75, 3.05) is 23.3 Å². The molecule has 156 valence electrons. The Kier molecular flexibility index (Phi) is 5.26. The van der Waals surface area contributed by atoms with Crippen LogP contribution in [0.2, 0.25) is 5.28 Å². The molecule has 0 bridgehead atoms. The van der Waals surface area contributed by atoms with E-state index in [-0.39, 0.29) is 10.9 Å². The standard InChI is InChI=1S/C23H20ClN5O2/c24-21-26-22(28-23(27-21)29-11-5-2-6-12-29)25-17-10-9-16-13-18(15-7-3-1-4-8-15)20(30)31-19(16)14-17/h1,3-4,7-10,13-14H,2,5-6,11-12H2,(H,25,26,27,28). The number of fused-ring (bicyclic) bond motifs is 1. The SMILES string of the molecule is O=c1oc2cc(Nc3nc(Cl)nc(N4CCCCC4)n3)ccc2cc1-c1ccccc1. The molecule has 1 N–H and O–H groups in total. The average molecular weight is 434 g/mol. The van der Waals surface area contributed by atoms with Crippen LogP contribution in [-0.4, -0.2) is 28.0 Å². The minimum absolute atomic E-state index is 0.137. The van der Waals surface area contributed by atoms with Gasteiger partial charge in [0.15, 0.2) is 0 Å². The molecular weight excluding hydrogens is 414 g/mol. The lowest BCUT2D eigenvalue weighted by Crippen LogP contribution is -2.31. The van der Waals surface area contributed by atoms with Crippen molar-refractivity contribution in [3.63, 3.8) is 0 Å². The maximum Gasteiger partial charge on any atom is 0.344 e. The van der Waals surface area contributed by atoms with Gasteiger partial charge in [0.1, 0.15) is 5.58 Å². The monoisotopic (exact) mass is 433 g/mol. The van der Waals surface area contributed by atoms with Crippen LogP contribution >= 0.6 is 11.6 Å². The fourth-order valence-electron chi connectivity index (χ4n) is 3.77. The van der Waals surface area contributed by atoms with Crippen LogP contribution in [0.15, 0.2) is 63.8 Å². The normalized spacial score (nSPS) is 14.0. The summed E-state index contributed by atoms with van der Waals surface area (Å²) >= 11 is 6.14. The fourth-order valence-corrected chi connectivity index (χ4v) is 3.92. The topological polar surface area (TPSA) is 84.2 Å². The van der Waals surface area contributed by atoms with Gasteiger partial charge in [0.05, 0.1) is 5.56 Å². The first-order valence-corrected chi connectivity index (χ1v) is 10.6. The Morgan fingerprint density at radius 1 is 0.935 bits per heavy atom. The summed E-state index contributed by atoms with van der Waals surface area (Å²) in [5.41, 5.74) is 2.14. The lowest BCUT2D eigenvalue weighted by molar-refractivity contribution is 0.563. The summed E-state index contributed by atoms with van der Waals surface area (Å²) in [5, 5.41) is 4.11. The van der Waals surface area contributed by atoms with Gasteiger partial charge in [-0.1, -0.05) is 30.3 Å². The molecule has 0 aliphatic carbocycles. The minimum atomic E-state index is -0.383. The third kappa shape index (κ3) is 4.22. The Morgan fingerprint density at radius 2 is 1.74 bits per heavy atom. The second-order valence-corrected chi connectivity index (χ2v) is 7.80. The number of halogens is 1. The van der Waals surface area contributed by atoms with Gasteiger partial charge in [-0.05, 0) is 54.6 Å². The van der Waals surface area contributed by atoms with Crippen LogP contribution in [0, 0.1) is 0 Å². The van der Waals surface area contributed by atoms with Gasteiger partial charge in [-0.3, -0.25) is 0 Å². The Hall–Kier alpha value is -3.45. The smallest absolute Gasteiger partial charge is 0.344 e. The molecule has 0 radical (unpaired) electrons. The number of piperidine rings is 1. The van der Waals surface area contributed by atoms with Crippen LogP contribution in [-0.2, 0) is 0 Å². The average Bonchev–Trinajstić information content (AvgIpc) is 2.79. The van der Waals surface area contributed by atoms with Gasteiger partial charge in [0.2, 0.25) is 17.2 Å². The van der Waals surface area contributed by atoms with Crippen molar-refractivity contribution in [1.82, 2.24) is 15.0 Å². The van der Waals surface area contributed by atoms with Crippen molar-refractivity contribution in [3.05, 3.63) is 70.3 Å². The zero-order valence-corrected chi connectivity index (χ0v) is 17.5. The summed E-state index contributed by atoms with van der Waals surface area (Å²) < 4.78 is 5.59. The molecule has 3 heterocycles. The maximum atomic E-state index is 12.5. The van der Waals surface area contributed by atoms with E-state index in [9.17, 15) is 4.79 Å². The minimum Gasteiger partial charge on any atom is -0.422 e. The molecule has 1 aliphatic heterocycles. The summed E-state index contributed by atoms with van der Waals surface area (Å²) in [6.45, 7) is 1.81. The second-order valence-electron chi connectivity index (χ2n) is 7.47. The van der Waals surface area contributed by atoms with E-state index in [0.29, 0.717) is 28.7 Å². The quantitative estimate of drug-likeness (QED) is 0.451. The van der Waals surface area contributed by atoms with Crippen LogP contribution in [0.25, 0.3) is 22.1 Å². The molecule has 2 aromatic carbocycles. The maximum absolute atomic E-state index is 12.5. The van der Waals surface area contributed by atoms with Crippen LogP contribution in [0.3, 0.4) is 0 Å². The highest BCUT2D eigenvalue weighted by Gasteiger charge is 2.16. The van der Waals surface area contributed by atoms with Gasteiger partial charge in [0, 0.05) is 30.2 Å². The molecule has 0 amide bonds. The molecule has 0 saturated carbocycles. The number of anilines is 3. The van der Waals surface area contributed by atoms with Gasteiger partial charge < -0.3 is 14.6 Å². The zero-order chi connectivity index (χ0) is 21.2. The summed E-state index contributed by atoms with van der Waals surface area (Å²) in [7, 11) is 0. The van der Waals surface area contributed by atoms with Gasteiger partial charge in [-0.2, -0.15) is 15.0 Å². The van der Waals surface area contributed by atoms with Gasteiger partial charge in [-0.15, -0.1) is 0 Å². The molecule has 31 heavy (non-hydrogen) atoms. The zero-order valence-electron chi connectivity index (χ0n) is 16.7. The van der Waals surface area contributed by atoms with Crippen LogP contribution in [0.5, 0.6) is 0 Å². The largest absolute Gasteiger partial charge is 0.422 e. The number of aromatic nitrogens is 3. The third-order valence-electron chi connectivity index (χ3n) is 5.31. The molecule has 0 spiro atoms. The lowest BCUT2D eigenvalue weighted by atomic mass is 10.1. The van der Waals surface area contributed by atoms with Crippen LogP contribution in [0.1, 0.15) is 19.3 Å². The van der Waals surface area contributed by atoms with E-state index in [2.05, 4.69) is 25.2 Å². The Balaban J connectivity index is 1.45. The number of nitrogens with zero attached hydrogens (tertiary/aromatic N) is 4. The Labute approximate surface area is 183 Å². The summed E-state index contributed by atoms with van der Waals surface area (Å²) in [6, 6.07) is 16.8. The molecule has 1 fully saturated rings. The molecule has 8 heteroatoms. The highest BCUT2D eigenvalue weighted by Crippen LogP contribution is 2.25. The molecule has 4 aromatic rings. The molecular formula is C23H20ClN5O2. The molecule has 1 saturated heterocycles. The molecule has 1 aliphatic rings. The molecule has 7 nitrogen and oxygen atoms in total. The fraction of sp³-hybridized carbons (Fsp3) is 0.217. The van der Waals surface area contributed by atoms with Gasteiger partial charge in [0.25, 0.3) is 0 Å². The van der Waals surface area contributed by atoms with E-state index in [0.717, 1.165) is 36.9 Å². The summed E-state index contributed by atoms with van der Waals surface area (Å²) in [4.78, 5) is 27.6. The molecule has 5 rings (SSSR count). The van der Waals surface area contributed by atoms with Crippen LogP contribution < -0.4 is 15.8 Å². The first-order valence-electron chi connectivity index (χ1n) is 10.2. The van der Waals surface area contributed by atoms with Gasteiger partial charge >= 0.3 is 5.63 Å². The van der Waals surface area contributed by atoms with Crippen LogP contribution in [0.4, 0.5) is 17.6 Å². The third-order valence-corrected chi connectivity index (χ3v) is 5.48. The van der Waals surface area contributed by atoms with E-state index < -0.39 is 0 Å². The van der Waals surface area contributed by atoms with Crippen molar-refractivity contribution in [1.29, 1.82) is 0 Å². The first kappa shape index (κ1) is 19.5. The van der Waals surface area contributed by atoms with E-state index in [4.69, 9.17) is 16.0 Å². The van der Waals surface area contributed by atoms with Crippen molar-refractivity contribution in [2.45, 2.75) is 19.3 Å². The molecule has 2 aromatic heterocycles. The highest BCUT2D eigenvalue weighted by molar-refractivity contribution is 6.28. The predicted molar refractivity (Wildman–Crippen MR) is 122 cm³/mol. The predicted octanol–water partition coefficient (Wildman–Crippen LogP) is 5.03. The molecule has 0 atom stereocenters. The summed E-state index contributed by atoms with van der Waals surface area (Å²) in [6.07, 6.45) is 3.44. The van der Waals surface area contributed by atoms with E-state index in [1.165, 1.54) is 6.42 Å². The lowest BCUT2D eigenvalue weighted by Gasteiger charge is -2.26. The van der Waals surface area contributed by atoms with Crippen molar-refractivity contribution in [2.24, 2.45) is 0 Å². The number of nitrogens with one attached hydrogen (secondary N) is 1. The van der Waals surface area contributed by atoms with E-state index in [1.807, 2.05) is 48.5 Å². The number of benzene rings is 2. The number of rotatable bonds is 4. The number of hydrogen-bond donors (Lipinski definition) is 1. The summed E-state index contributed by atoms with van der Waals surface area (Å²) in [5.74, 6) is 0.921. The van der Waals surface area contributed by atoms with E-state index in [1.54, 1.807) is 6.07 Å². The van der Waals surface area contributed by atoms with Crippen molar-refractivity contribution < 1.29 is 4.42 Å². The van der Waals surface area contributed by atoms with E-state index >= 15 is 0 Å². The Morgan fingerprint density at radius 3 is 2.55 bits per heavy atom. The first-order chi connectivity index (χ1) is 15.2. The van der Waals surface area contributed by atoms with Crippen molar-refractivity contribution >= 4 is 40.2 Å². The van der Waals surface area contributed by atoms with Crippen molar-refractivity contribution in [3.8, 4) is 11.1 Å². The highest BCUT2D eigenvalue weighted by atomic mass is 35.5. The molecule has 0 unspecified atom stereocenters. The van der Waals surface area contributed by atoms with Gasteiger partial charge in [-0.25, -0.2) is 4.79 Å².